The van der Waals surface area contributed by atoms with E-state index >= 15 is 0 Å². The normalized spacial score (nSPS) is 20.4. The Labute approximate surface area is 285 Å². The number of unbranched alkanes of at least 4 members (excludes halogenated alkanes) is 1. The van der Waals surface area contributed by atoms with Crippen molar-refractivity contribution in [2.24, 2.45) is 5.73 Å². The molecule has 1 unspecified atom stereocenters. The number of amides is 1. The monoisotopic (exact) mass is 695 g/mol. The average Bonchev–Trinajstić information content (AvgIpc) is 3.87. The maximum atomic E-state index is 13.5. The summed E-state index contributed by atoms with van der Waals surface area (Å²) in [7, 11) is 0. The number of primary amides is 1. The number of carbonyl (C=O) groups is 3. The van der Waals surface area contributed by atoms with Gasteiger partial charge in [-0.05, 0) is 28.3 Å². The highest BCUT2D eigenvalue weighted by atomic mass is 35.5. The molecular weight excluding hydrogens is 662 g/mol. The van der Waals surface area contributed by atoms with Gasteiger partial charge in [-0.25, -0.2) is 19.4 Å². The largest absolute Gasteiger partial charge is 0.511 e. The lowest BCUT2D eigenvalue weighted by atomic mass is 9.98. The molecule has 2 fully saturated rings. The number of hydrogen-bond acceptors (Lipinski definition) is 13. The minimum absolute atomic E-state index is 0.0150. The number of hydrogen-bond donors (Lipinski definition) is 2. The van der Waals surface area contributed by atoms with Crippen molar-refractivity contribution in [3.63, 3.8) is 0 Å². The number of tetrazole rings is 1. The Balaban J connectivity index is 1.12. The molecule has 17 heteroatoms. The van der Waals surface area contributed by atoms with Crippen molar-refractivity contribution in [2.75, 3.05) is 13.2 Å². The highest BCUT2D eigenvalue weighted by molar-refractivity contribution is 6.32. The van der Waals surface area contributed by atoms with Gasteiger partial charge in [0.2, 0.25) is 12.1 Å². The lowest BCUT2D eigenvalue weighted by molar-refractivity contribution is -0.0990. The minimum atomic E-state index is -1.34. The second kappa shape index (κ2) is 15.0. The van der Waals surface area contributed by atoms with Gasteiger partial charge in [-0.15, -0.1) is 10.2 Å². The molecule has 2 aromatic heterocycles. The fourth-order valence-electron chi connectivity index (χ4n) is 5.83. The van der Waals surface area contributed by atoms with Crippen LogP contribution in [0.15, 0.2) is 48.5 Å². The number of benzene rings is 2. The number of aryl methyl sites for hydroxylation is 1. The molecule has 5 atom stereocenters. The zero-order chi connectivity index (χ0) is 34.5. The van der Waals surface area contributed by atoms with Gasteiger partial charge in [0, 0.05) is 25.5 Å². The summed E-state index contributed by atoms with van der Waals surface area (Å²) in [4.78, 5) is 41.6. The van der Waals surface area contributed by atoms with Crippen LogP contribution in [0.4, 0.5) is 9.59 Å². The second-order valence-corrected chi connectivity index (χ2v) is 11.8. The van der Waals surface area contributed by atoms with Crippen LogP contribution in [0, 0.1) is 0 Å². The molecule has 3 N–H and O–H groups in total. The fourth-order valence-corrected chi connectivity index (χ4v) is 6.11. The smallest absolute Gasteiger partial charge is 0.441 e. The first-order valence-electron chi connectivity index (χ1n) is 15.7. The Kier molecular flexibility index (Phi) is 10.4. The zero-order valence-electron chi connectivity index (χ0n) is 26.6. The van der Waals surface area contributed by atoms with E-state index in [-0.39, 0.29) is 30.6 Å². The molecule has 4 heterocycles. The van der Waals surface area contributed by atoms with Crippen molar-refractivity contribution in [3.05, 3.63) is 70.8 Å². The number of ether oxygens (including phenoxy) is 6. The first-order chi connectivity index (χ1) is 23.7. The summed E-state index contributed by atoms with van der Waals surface area (Å²) in [5, 5.41) is 14.4. The van der Waals surface area contributed by atoms with Crippen LogP contribution < -0.4 is 5.73 Å². The van der Waals surface area contributed by atoms with E-state index in [4.69, 9.17) is 45.8 Å². The quantitative estimate of drug-likeness (QED) is 0.122. The number of esters is 1. The van der Waals surface area contributed by atoms with Gasteiger partial charge >= 0.3 is 18.2 Å². The van der Waals surface area contributed by atoms with Crippen LogP contribution in [0.1, 0.15) is 48.6 Å². The molecule has 0 saturated carbocycles. The molecule has 49 heavy (non-hydrogen) atoms. The van der Waals surface area contributed by atoms with Crippen molar-refractivity contribution in [3.8, 4) is 22.5 Å². The van der Waals surface area contributed by atoms with Crippen LogP contribution in [0.25, 0.3) is 22.5 Å². The van der Waals surface area contributed by atoms with Crippen LogP contribution in [0.3, 0.4) is 0 Å². The van der Waals surface area contributed by atoms with E-state index in [0.29, 0.717) is 18.1 Å². The first kappa shape index (κ1) is 33.8. The van der Waals surface area contributed by atoms with Gasteiger partial charge in [0.25, 0.3) is 0 Å². The number of rotatable bonds is 12. The Bertz CT molecular complexity index is 1780. The number of aromatic amines is 1. The topological polar surface area (TPSA) is 205 Å². The molecule has 4 aromatic rings. The molecule has 0 radical (unpaired) electrons. The minimum Gasteiger partial charge on any atom is -0.441 e. The number of nitrogens with zero attached hydrogens (tertiary/aromatic N) is 5. The average molecular weight is 696 g/mol. The predicted octanol–water partition coefficient (Wildman–Crippen LogP) is 4.06. The number of aromatic nitrogens is 6. The van der Waals surface area contributed by atoms with Crippen LogP contribution in [0.2, 0.25) is 5.15 Å². The van der Waals surface area contributed by atoms with E-state index in [9.17, 15) is 14.4 Å². The molecule has 258 valence electrons. The summed E-state index contributed by atoms with van der Waals surface area (Å²) in [5.74, 6) is 0.266. The van der Waals surface area contributed by atoms with Crippen LogP contribution in [0.5, 0.6) is 0 Å². The zero-order valence-corrected chi connectivity index (χ0v) is 27.4. The summed E-state index contributed by atoms with van der Waals surface area (Å²) in [6.07, 6.45) is -3.99. The Morgan fingerprint density at radius 2 is 1.71 bits per heavy atom. The number of fused-ring (bicyclic) bond motifs is 1. The van der Waals surface area contributed by atoms with E-state index in [1.165, 1.54) is 6.92 Å². The molecule has 2 aliphatic rings. The molecule has 2 aliphatic heterocycles. The fraction of sp³-hybridized carbons (Fsp3) is 0.406. The van der Waals surface area contributed by atoms with Crippen LogP contribution >= 0.6 is 11.6 Å². The number of nitrogens with two attached hydrogens (primary N) is 1. The molecule has 0 aliphatic carbocycles. The van der Waals surface area contributed by atoms with Gasteiger partial charge in [0.1, 0.15) is 18.0 Å². The molecule has 16 nitrogen and oxygen atoms in total. The molecular formula is C32H34ClN7O9. The Morgan fingerprint density at radius 1 is 1.02 bits per heavy atom. The van der Waals surface area contributed by atoms with E-state index < -0.39 is 48.9 Å². The number of imidazole rings is 1. The molecule has 0 spiro atoms. The van der Waals surface area contributed by atoms with E-state index in [0.717, 1.165) is 35.1 Å². The van der Waals surface area contributed by atoms with Gasteiger partial charge in [0.15, 0.2) is 23.1 Å². The maximum absolute atomic E-state index is 13.5. The third-order valence-corrected chi connectivity index (χ3v) is 8.35. The summed E-state index contributed by atoms with van der Waals surface area (Å²) >= 11 is 6.51. The first-order valence-corrected chi connectivity index (χ1v) is 16.0. The third-order valence-electron chi connectivity index (χ3n) is 8.08. The van der Waals surface area contributed by atoms with E-state index in [1.807, 2.05) is 48.5 Å². The standard InChI is InChI=1S/C32H34ClN7O9/c1-3-4-9-24-35-28(33)25(30(41)46-17(2)47-32(43)49-23-16-45-26-22(48-31(34)42)15-44-27(23)26)40(24)14-18-10-12-19(13-11-18)20-7-5-6-8-21(20)29-36-38-39-37-29/h5-8,10-13,17,22-23,26-27H,3-4,9,14-16H2,1-2H3,(H2,34,42)(H,36,37,38,39)/t17?,22-,23-,26+,27+/m0/s1. The molecule has 1 amide bonds. The Hall–Kier alpha value is -5.06. The highest BCUT2D eigenvalue weighted by Gasteiger charge is 2.51. The molecule has 2 saturated heterocycles. The van der Waals surface area contributed by atoms with Gasteiger partial charge in [-0.2, -0.15) is 5.21 Å². The van der Waals surface area contributed by atoms with Gasteiger partial charge < -0.3 is 38.7 Å². The summed E-state index contributed by atoms with van der Waals surface area (Å²) in [6, 6.07) is 15.6. The summed E-state index contributed by atoms with van der Waals surface area (Å²) in [6.45, 7) is 3.72. The third kappa shape index (κ3) is 7.66. The lowest BCUT2D eigenvalue weighted by Crippen LogP contribution is -2.37. The number of H-pyrrole nitrogens is 1. The van der Waals surface area contributed by atoms with E-state index in [1.54, 1.807) is 4.57 Å². The summed E-state index contributed by atoms with van der Waals surface area (Å²) < 4.78 is 33.9. The van der Waals surface area contributed by atoms with Crippen molar-refractivity contribution >= 4 is 29.8 Å². The molecule has 6 rings (SSSR count). The van der Waals surface area contributed by atoms with Gasteiger partial charge in [-0.1, -0.05) is 73.5 Å². The van der Waals surface area contributed by atoms with Crippen molar-refractivity contribution in [1.29, 1.82) is 0 Å². The number of halogens is 1. The van der Waals surface area contributed by atoms with Gasteiger partial charge in [-0.3, -0.25) is 0 Å². The number of carbonyl (C=O) groups excluding carboxylic acids is 3. The van der Waals surface area contributed by atoms with E-state index in [2.05, 4.69) is 32.5 Å². The SMILES string of the molecule is CCCCc1nc(Cl)c(C(=O)OC(C)OC(=O)O[C@H]2CO[C@H]3[C@@H]2OC[C@@H]3OC(N)=O)n1Cc1ccc(-c2ccccc2-c2nn[nH]n2)cc1. The molecule has 2 aromatic carbocycles. The summed E-state index contributed by atoms with van der Waals surface area (Å²) in [5.41, 5.74) is 8.69. The van der Waals surface area contributed by atoms with Crippen molar-refractivity contribution in [2.45, 2.75) is 70.4 Å². The van der Waals surface area contributed by atoms with Gasteiger partial charge in [0.05, 0.1) is 13.2 Å². The Morgan fingerprint density at radius 3 is 2.37 bits per heavy atom. The lowest BCUT2D eigenvalue weighted by Gasteiger charge is -2.19. The molecule has 0 bridgehead atoms. The van der Waals surface area contributed by atoms with Crippen LogP contribution in [-0.2, 0) is 41.4 Å². The maximum Gasteiger partial charge on any atom is 0.511 e. The van der Waals surface area contributed by atoms with Crippen LogP contribution in [-0.4, -0.2) is 92.3 Å². The predicted molar refractivity (Wildman–Crippen MR) is 170 cm³/mol. The highest BCUT2D eigenvalue weighted by Crippen LogP contribution is 2.32. The second-order valence-electron chi connectivity index (χ2n) is 11.4. The van der Waals surface area contributed by atoms with Crippen molar-refractivity contribution in [1.82, 2.24) is 30.2 Å². The van der Waals surface area contributed by atoms with Crippen molar-refractivity contribution < 1.29 is 42.8 Å². The number of nitrogens with one attached hydrogen (secondary N) is 1.